The van der Waals surface area contributed by atoms with E-state index >= 15 is 0 Å². The fourth-order valence-electron chi connectivity index (χ4n) is 2.26. The van der Waals surface area contributed by atoms with Crippen molar-refractivity contribution in [3.63, 3.8) is 0 Å². The first-order valence-electron chi connectivity index (χ1n) is 6.43. The lowest BCUT2D eigenvalue weighted by atomic mass is 10.1. The number of benzene rings is 1. The van der Waals surface area contributed by atoms with Gasteiger partial charge in [-0.15, -0.1) is 0 Å². The molecule has 0 aromatic heterocycles. The van der Waals surface area contributed by atoms with Crippen LogP contribution < -0.4 is 10.5 Å². The molecule has 94 valence electrons. The van der Waals surface area contributed by atoms with E-state index in [1.165, 1.54) is 17.5 Å². The zero-order valence-electron chi connectivity index (χ0n) is 10.6. The van der Waals surface area contributed by atoms with Gasteiger partial charge in [0.25, 0.3) is 0 Å². The third-order valence-corrected chi connectivity index (χ3v) is 3.20. The van der Waals surface area contributed by atoms with E-state index in [1.807, 2.05) is 0 Å². The molecule has 0 unspecified atom stereocenters. The summed E-state index contributed by atoms with van der Waals surface area (Å²) in [5, 5.41) is 0. The SMILES string of the molecule is CN(CCCCN)Cc1ccc2c(c1)CCO2. The molecule has 2 N–H and O–H groups in total. The smallest absolute Gasteiger partial charge is 0.122 e. The van der Waals surface area contributed by atoms with Crippen LogP contribution in [0.1, 0.15) is 24.0 Å². The molecule has 1 aromatic carbocycles. The minimum atomic E-state index is 0.796. The number of unbranched alkanes of at least 4 members (excludes halogenated alkanes) is 1. The van der Waals surface area contributed by atoms with E-state index in [-0.39, 0.29) is 0 Å². The monoisotopic (exact) mass is 234 g/mol. The molecule has 0 fully saturated rings. The van der Waals surface area contributed by atoms with Crippen molar-refractivity contribution in [1.29, 1.82) is 0 Å². The van der Waals surface area contributed by atoms with Crippen LogP contribution in [0.3, 0.4) is 0 Å². The lowest BCUT2D eigenvalue weighted by molar-refractivity contribution is 0.319. The Hall–Kier alpha value is -1.06. The standard InChI is InChI=1S/C14H22N2O/c1-16(8-3-2-7-15)11-12-4-5-14-13(10-12)6-9-17-14/h4-5,10H,2-3,6-9,11,15H2,1H3. The van der Waals surface area contributed by atoms with Crippen molar-refractivity contribution in [2.75, 3.05) is 26.7 Å². The summed E-state index contributed by atoms with van der Waals surface area (Å²) in [6.45, 7) is 3.76. The number of hydrogen-bond acceptors (Lipinski definition) is 3. The number of fused-ring (bicyclic) bond motifs is 1. The molecule has 0 bridgehead atoms. The number of hydrogen-bond donors (Lipinski definition) is 1. The van der Waals surface area contributed by atoms with Gasteiger partial charge in [-0.3, -0.25) is 0 Å². The van der Waals surface area contributed by atoms with Crippen molar-refractivity contribution >= 4 is 0 Å². The van der Waals surface area contributed by atoms with Gasteiger partial charge in [0.05, 0.1) is 6.61 Å². The Morgan fingerprint density at radius 1 is 1.35 bits per heavy atom. The number of rotatable bonds is 6. The second-order valence-corrected chi connectivity index (χ2v) is 4.77. The van der Waals surface area contributed by atoms with Crippen molar-refractivity contribution in [2.24, 2.45) is 5.73 Å². The molecule has 17 heavy (non-hydrogen) atoms. The van der Waals surface area contributed by atoms with E-state index in [1.54, 1.807) is 0 Å². The molecule has 2 rings (SSSR count). The summed E-state index contributed by atoms with van der Waals surface area (Å²) in [6, 6.07) is 6.55. The summed E-state index contributed by atoms with van der Waals surface area (Å²) < 4.78 is 5.51. The third-order valence-electron chi connectivity index (χ3n) is 3.20. The second kappa shape index (κ2) is 6.03. The highest BCUT2D eigenvalue weighted by Gasteiger charge is 2.12. The van der Waals surface area contributed by atoms with Crippen LogP contribution >= 0.6 is 0 Å². The van der Waals surface area contributed by atoms with Crippen LogP contribution in [0.25, 0.3) is 0 Å². The van der Waals surface area contributed by atoms with Gasteiger partial charge in [0.15, 0.2) is 0 Å². The first-order valence-corrected chi connectivity index (χ1v) is 6.43. The van der Waals surface area contributed by atoms with Crippen LogP contribution in [0.4, 0.5) is 0 Å². The van der Waals surface area contributed by atoms with Crippen molar-refractivity contribution in [2.45, 2.75) is 25.8 Å². The average molecular weight is 234 g/mol. The Bertz CT molecular complexity index is 365. The molecular formula is C14H22N2O. The summed E-state index contributed by atoms with van der Waals surface area (Å²) in [4.78, 5) is 2.35. The predicted octanol–water partition coefficient (Wildman–Crippen LogP) is 1.79. The first-order chi connectivity index (χ1) is 8.29. The van der Waals surface area contributed by atoms with E-state index in [0.29, 0.717) is 0 Å². The normalized spacial score (nSPS) is 13.8. The van der Waals surface area contributed by atoms with Crippen molar-refractivity contribution in [1.82, 2.24) is 4.90 Å². The molecule has 3 heteroatoms. The maximum atomic E-state index is 5.51. The molecule has 0 saturated heterocycles. The van der Waals surface area contributed by atoms with Gasteiger partial charge in [0.1, 0.15) is 5.75 Å². The lowest BCUT2D eigenvalue weighted by Crippen LogP contribution is -2.19. The number of nitrogens with zero attached hydrogens (tertiary/aromatic N) is 1. The molecule has 0 atom stereocenters. The van der Waals surface area contributed by atoms with Gasteiger partial charge in [0.2, 0.25) is 0 Å². The zero-order valence-corrected chi connectivity index (χ0v) is 10.6. The van der Waals surface area contributed by atoms with Crippen molar-refractivity contribution < 1.29 is 4.74 Å². The van der Waals surface area contributed by atoms with Crippen LogP contribution in [0, 0.1) is 0 Å². The number of nitrogens with two attached hydrogens (primary N) is 1. The van der Waals surface area contributed by atoms with Gasteiger partial charge in [-0.05, 0) is 50.2 Å². The van der Waals surface area contributed by atoms with Crippen molar-refractivity contribution in [3.05, 3.63) is 29.3 Å². The Balaban J connectivity index is 1.86. The van der Waals surface area contributed by atoms with E-state index < -0.39 is 0 Å². The van der Waals surface area contributed by atoms with E-state index in [0.717, 1.165) is 44.8 Å². The van der Waals surface area contributed by atoms with Crippen LogP contribution in [0.15, 0.2) is 18.2 Å². The Morgan fingerprint density at radius 3 is 3.06 bits per heavy atom. The first kappa shape index (κ1) is 12.4. The third kappa shape index (κ3) is 3.45. The van der Waals surface area contributed by atoms with E-state index in [4.69, 9.17) is 10.5 Å². The van der Waals surface area contributed by atoms with E-state index in [2.05, 4.69) is 30.1 Å². The Labute approximate surface area is 104 Å². The van der Waals surface area contributed by atoms with Crippen LogP contribution in [-0.4, -0.2) is 31.6 Å². The number of ether oxygens (including phenoxy) is 1. The second-order valence-electron chi connectivity index (χ2n) is 4.77. The molecule has 0 amide bonds. The minimum absolute atomic E-state index is 0.796. The Kier molecular flexibility index (Phi) is 4.40. The zero-order chi connectivity index (χ0) is 12.1. The minimum Gasteiger partial charge on any atom is -0.493 e. The van der Waals surface area contributed by atoms with Crippen LogP contribution in [-0.2, 0) is 13.0 Å². The Morgan fingerprint density at radius 2 is 2.24 bits per heavy atom. The topological polar surface area (TPSA) is 38.5 Å². The summed E-state index contributed by atoms with van der Waals surface area (Å²) >= 11 is 0. The summed E-state index contributed by atoms with van der Waals surface area (Å²) in [6.07, 6.45) is 3.35. The van der Waals surface area contributed by atoms with Gasteiger partial charge < -0.3 is 15.4 Å². The highest BCUT2D eigenvalue weighted by Crippen LogP contribution is 2.26. The van der Waals surface area contributed by atoms with E-state index in [9.17, 15) is 0 Å². The summed E-state index contributed by atoms with van der Waals surface area (Å²) in [7, 11) is 2.17. The predicted molar refractivity (Wildman–Crippen MR) is 70.3 cm³/mol. The molecule has 1 aliphatic rings. The molecule has 1 heterocycles. The largest absolute Gasteiger partial charge is 0.493 e. The van der Waals surface area contributed by atoms with Crippen LogP contribution in [0.5, 0.6) is 5.75 Å². The quantitative estimate of drug-likeness (QED) is 0.763. The lowest BCUT2D eigenvalue weighted by Gasteiger charge is -2.16. The molecule has 0 spiro atoms. The van der Waals surface area contributed by atoms with Gasteiger partial charge in [-0.25, -0.2) is 0 Å². The highest BCUT2D eigenvalue weighted by molar-refractivity contribution is 5.39. The van der Waals surface area contributed by atoms with Gasteiger partial charge >= 0.3 is 0 Å². The summed E-state index contributed by atoms with van der Waals surface area (Å²) in [5.41, 5.74) is 8.23. The average Bonchev–Trinajstić information content (AvgIpc) is 2.76. The molecule has 0 radical (unpaired) electrons. The maximum absolute atomic E-state index is 5.51. The van der Waals surface area contributed by atoms with Gasteiger partial charge in [-0.2, -0.15) is 0 Å². The van der Waals surface area contributed by atoms with Gasteiger partial charge in [0, 0.05) is 13.0 Å². The van der Waals surface area contributed by atoms with Gasteiger partial charge in [-0.1, -0.05) is 12.1 Å². The molecule has 1 aliphatic heterocycles. The molecule has 0 saturated carbocycles. The molecule has 0 aliphatic carbocycles. The van der Waals surface area contributed by atoms with Crippen molar-refractivity contribution in [3.8, 4) is 5.75 Å². The van der Waals surface area contributed by atoms with Crippen LogP contribution in [0.2, 0.25) is 0 Å². The fourth-order valence-corrected chi connectivity index (χ4v) is 2.26. The molecule has 3 nitrogen and oxygen atoms in total. The fraction of sp³-hybridized carbons (Fsp3) is 0.571. The summed E-state index contributed by atoms with van der Waals surface area (Å²) in [5.74, 6) is 1.07. The molecular weight excluding hydrogens is 212 g/mol. The maximum Gasteiger partial charge on any atom is 0.122 e. The highest BCUT2D eigenvalue weighted by atomic mass is 16.5. The molecule has 1 aromatic rings.